The predicted molar refractivity (Wildman–Crippen MR) is 105 cm³/mol. The Labute approximate surface area is 156 Å². The molecule has 1 saturated heterocycles. The summed E-state index contributed by atoms with van der Waals surface area (Å²) >= 11 is 0. The highest BCUT2D eigenvalue weighted by Gasteiger charge is 2.30. The number of hydrogen-bond acceptors (Lipinski definition) is 3. The molecule has 3 nitrogen and oxygen atoms in total. The molecule has 0 saturated carbocycles. The number of likely N-dealkylation sites (tertiary alicyclic amines) is 1. The minimum absolute atomic E-state index is 0. The molecule has 0 N–H and O–H groups in total. The highest BCUT2D eigenvalue weighted by atomic mass is 35.5. The third-order valence-corrected chi connectivity index (χ3v) is 5.35. The Kier molecular flexibility index (Phi) is 5.45. The average Bonchev–Trinajstić information content (AvgIpc) is 3.21. The average molecular weight is 357 g/mol. The van der Waals surface area contributed by atoms with Crippen molar-refractivity contribution in [2.45, 2.75) is 25.3 Å². The summed E-state index contributed by atoms with van der Waals surface area (Å²) in [6, 6.07) is 16.9. The zero-order valence-corrected chi connectivity index (χ0v) is 15.5. The molecule has 0 aromatic heterocycles. The minimum atomic E-state index is 0. The number of halogens is 1. The van der Waals surface area contributed by atoms with Crippen molar-refractivity contribution in [3.05, 3.63) is 65.2 Å². The molecule has 25 heavy (non-hydrogen) atoms. The third-order valence-electron chi connectivity index (χ3n) is 5.35. The molecule has 4 heteroatoms. The maximum absolute atomic E-state index is 12.6. The second-order valence-corrected chi connectivity index (χ2v) is 7.08. The fraction of sp³-hybridized carbons (Fsp3) is 0.381. The van der Waals surface area contributed by atoms with Gasteiger partial charge in [-0.1, -0.05) is 30.3 Å². The van der Waals surface area contributed by atoms with E-state index in [1.807, 2.05) is 36.4 Å². The quantitative estimate of drug-likeness (QED) is 0.782. The van der Waals surface area contributed by atoms with Gasteiger partial charge in [0.1, 0.15) is 0 Å². The molecular formula is C21H25ClN2O. The second kappa shape index (κ2) is 7.59. The second-order valence-electron chi connectivity index (χ2n) is 7.08. The van der Waals surface area contributed by atoms with Gasteiger partial charge in [0.05, 0.1) is 0 Å². The van der Waals surface area contributed by atoms with Gasteiger partial charge in [-0.25, -0.2) is 0 Å². The van der Waals surface area contributed by atoms with Crippen molar-refractivity contribution in [2.75, 3.05) is 31.6 Å². The molecule has 1 atom stereocenters. The van der Waals surface area contributed by atoms with Gasteiger partial charge >= 0.3 is 0 Å². The lowest BCUT2D eigenvalue weighted by Gasteiger charge is -2.27. The van der Waals surface area contributed by atoms with Gasteiger partial charge in [-0.05, 0) is 55.8 Å². The van der Waals surface area contributed by atoms with E-state index in [1.165, 1.54) is 24.2 Å². The first-order valence-electron chi connectivity index (χ1n) is 8.86. The van der Waals surface area contributed by atoms with Crippen LogP contribution in [-0.2, 0) is 12.8 Å². The molecule has 1 fully saturated rings. The molecule has 2 aliphatic heterocycles. The first-order valence-corrected chi connectivity index (χ1v) is 8.86. The number of anilines is 1. The molecule has 2 heterocycles. The van der Waals surface area contributed by atoms with E-state index in [2.05, 4.69) is 29.0 Å². The van der Waals surface area contributed by atoms with Crippen LogP contribution in [0.1, 0.15) is 27.9 Å². The van der Waals surface area contributed by atoms with E-state index >= 15 is 0 Å². The fourth-order valence-corrected chi connectivity index (χ4v) is 4.03. The van der Waals surface area contributed by atoms with E-state index in [-0.39, 0.29) is 18.2 Å². The van der Waals surface area contributed by atoms with Crippen molar-refractivity contribution in [3.8, 4) is 0 Å². The van der Waals surface area contributed by atoms with E-state index in [0.717, 1.165) is 30.6 Å². The number of rotatable bonds is 4. The maximum atomic E-state index is 12.6. The highest BCUT2D eigenvalue weighted by Crippen LogP contribution is 2.33. The molecule has 0 bridgehead atoms. The number of fused-ring (bicyclic) bond motifs is 1. The predicted octanol–water partition coefficient (Wildman–Crippen LogP) is 3.60. The van der Waals surface area contributed by atoms with Gasteiger partial charge in [-0.2, -0.15) is 0 Å². The first kappa shape index (κ1) is 18.0. The molecule has 0 amide bonds. The van der Waals surface area contributed by atoms with Crippen LogP contribution in [0.4, 0.5) is 5.69 Å². The van der Waals surface area contributed by atoms with E-state index in [4.69, 9.17) is 0 Å². The number of Topliss-reactive ketones (excluding diaryl/α,β-unsaturated/α-hetero) is 1. The zero-order valence-electron chi connectivity index (χ0n) is 14.6. The number of benzene rings is 2. The summed E-state index contributed by atoms with van der Waals surface area (Å²) in [4.78, 5) is 17.5. The molecule has 2 aliphatic rings. The third kappa shape index (κ3) is 3.73. The molecule has 0 aliphatic carbocycles. The van der Waals surface area contributed by atoms with E-state index in [9.17, 15) is 4.79 Å². The number of ketones is 1. The minimum Gasteiger partial charge on any atom is -0.367 e. The Hall–Kier alpha value is -1.84. The molecule has 1 unspecified atom stereocenters. The molecular weight excluding hydrogens is 332 g/mol. The van der Waals surface area contributed by atoms with E-state index in [1.54, 1.807) is 0 Å². The summed E-state index contributed by atoms with van der Waals surface area (Å²) in [5.41, 5.74) is 4.61. The van der Waals surface area contributed by atoms with E-state index < -0.39 is 0 Å². The van der Waals surface area contributed by atoms with Gasteiger partial charge < -0.3 is 9.80 Å². The molecule has 0 spiro atoms. The summed E-state index contributed by atoms with van der Waals surface area (Å²) in [5, 5.41) is 0. The summed E-state index contributed by atoms with van der Waals surface area (Å²) in [5.74, 6) is 0.211. The number of likely N-dealkylation sites (N-methyl/N-ethyl adjacent to an activating group) is 1. The largest absolute Gasteiger partial charge is 0.367 e. The van der Waals surface area contributed by atoms with Crippen LogP contribution in [-0.4, -0.2) is 43.4 Å². The van der Waals surface area contributed by atoms with Gasteiger partial charge in [0.2, 0.25) is 0 Å². The Morgan fingerprint density at radius 1 is 1.12 bits per heavy atom. The van der Waals surface area contributed by atoms with Crippen molar-refractivity contribution < 1.29 is 4.79 Å². The number of nitrogens with zero attached hydrogens (tertiary/aromatic N) is 2. The van der Waals surface area contributed by atoms with Crippen molar-refractivity contribution in [1.82, 2.24) is 4.90 Å². The van der Waals surface area contributed by atoms with Gasteiger partial charge in [0, 0.05) is 36.8 Å². The van der Waals surface area contributed by atoms with Gasteiger partial charge in [-0.15, -0.1) is 12.4 Å². The lowest BCUT2D eigenvalue weighted by Crippen LogP contribution is -2.35. The van der Waals surface area contributed by atoms with Crippen LogP contribution in [0.25, 0.3) is 0 Å². The highest BCUT2D eigenvalue weighted by molar-refractivity contribution is 5.98. The van der Waals surface area contributed by atoms with Crippen molar-refractivity contribution in [1.29, 1.82) is 0 Å². The molecule has 2 aromatic carbocycles. The first-order chi connectivity index (χ1) is 11.7. The molecule has 132 valence electrons. The monoisotopic (exact) mass is 356 g/mol. The molecule has 0 radical (unpaired) electrons. The van der Waals surface area contributed by atoms with Gasteiger partial charge in [0.25, 0.3) is 0 Å². The summed E-state index contributed by atoms with van der Waals surface area (Å²) < 4.78 is 0. The van der Waals surface area contributed by atoms with Gasteiger partial charge in [-0.3, -0.25) is 4.79 Å². The summed E-state index contributed by atoms with van der Waals surface area (Å²) in [7, 11) is 2.20. The number of carbonyl (C=O) groups is 1. The van der Waals surface area contributed by atoms with E-state index in [0.29, 0.717) is 12.5 Å². The normalized spacial score (nSPS) is 19.6. The Morgan fingerprint density at radius 2 is 1.92 bits per heavy atom. The smallest absolute Gasteiger partial charge is 0.167 e. The zero-order chi connectivity index (χ0) is 16.5. The van der Waals surface area contributed by atoms with Crippen LogP contribution >= 0.6 is 12.4 Å². The summed E-state index contributed by atoms with van der Waals surface area (Å²) in [6.07, 6.45) is 2.78. The lowest BCUT2D eigenvalue weighted by molar-refractivity contribution is 0.0993. The Balaban J connectivity index is 0.00000182. The maximum Gasteiger partial charge on any atom is 0.167 e. The standard InChI is InChI=1S/C21H24N2O.ClH/c1-22-11-10-19(15-22)23-12-9-17-14-18(7-8-20(17)23)21(24)13-16-5-3-2-4-6-16;/h2-8,14,19H,9-13,15H2,1H3;1H. The number of carbonyl (C=O) groups excluding carboxylic acids is 1. The van der Waals surface area contributed by atoms with Crippen molar-refractivity contribution in [2.24, 2.45) is 0 Å². The molecule has 4 rings (SSSR count). The fourth-order valence-electron chi connectivity index (χ4n) is 4.03. The Morgan fingerprint density at radius 3 is 2.64 bits per heavy atom. The van der Waals surface area contributed by atoms with Crippen LogP contribution in [0.15, 0.2) is 48.5 Å². The van der Waals surface area contributed by atoms with Crippen molar-refractivity contribution >= 4 is 23.9 Å². The topological polar surface area (TPSA) is 23.6 Å². The van der Waals surface area contributed by atoms with Crippen LogP contribution in [0, 0.1) is 0 Å². The number of hydrogen-bond donors (Lipinski definition) is 0. The SMILES string of the molecule is CN1CCC(N2CCc3cc(C(=O)Cc4ccccc4)ccc32)C1.Cl. The van der Waals surface area contributed by atoms with Crippen LogP contribution in [0.3, 0.4) is 0 Å². The molecule has 2 aromatic rings. The summed E-state index contributed by atoms with van der Waals surface area (Å²) in [6.45, 7) is 3.42. The van der Waals surface area contributed by atoms with Crippen LogP contribution < -0.4 is 4.90 Å². The Bertz CT molecular complexity index is 747. The van der Waals surface area contributed by atoms with Crippen molar-refractivity contribution in [3.63, 3.8) is 0 Å². The lowest BCUT2D eigenvalue weighted by atomic mass is 10.00. The van der Waals surface area contributed by atoms with Gasteiger partial charge in [0.15, 0.2) is 5.78 Å². The van der Waals surface area contributed by atoms with Crippen LogP contribution in [0.5, 0.6) is 0 Å². The van der Waals surface area contributed by atoms with Crippen LogP contribution in [0.2, 0.25) is 0 Å².